The molecule has 0 radical (unpaired) electrons. The third-order valence-corrected chi connectivity index (χ3v) is 3.76. The minimum atomic E-state index is -0.890. The Labute approximate surface area is 127 Å². The van der Waals surface area contributed by atoms with Crippen LogP contribution in [0.1, 0.15) is 36.2 Å². The van der Waals surface area contributed by atoms with E-state index >= 15 is 0 Å². The van der Waals surface area contributed by atoms with Gasteiger partial charge < -0.3 is 10.0 Å². The van der Waals surface area contributed by atoms with Gasteiger partial charge in [0.05, 0.1) is 6.42 Å². The summed E-state index contributed by atoms with van der Waals surface area (Å²) in [4.78, 5) is 24.8. The Morgan fingerprint density at radius 1 is 1.35 bits per heavy atom. The van der Waals surface area contributed by atoms with Crippen molar-refractivity contribution in [3.63, 3.8) is 0 Å². The first-order valence-electron chi connectivity index (χ1n) is 6.58. The predicted molar refractivity (Wildman–Crippen MR) is 81.9 cm³/mol. The van der Waals surface area contributed by atoms with Gasteiger partial charge in [-0.1, -0.05) is 29.8 Å². The SMILES string of the molecule is Cc1cc(C(=O)N(CCC(=O)O)CC(C)C)ccc1Br. The number of aliphatic carboxylic acids is 1. The number of hydrogen-bond donors (Lipinski definition) is 1. The Bertz CT molecular complexity index is 500. The van der Waals surface area contributed by atoms with Crippen molar-refractivity contribution in [2.45, 2.75) is 27.2 Å². The summed E-state index contributed by atoms with van der Waals surface area (Å²) in [5, 5.41) is 8.79. The fourth-order valence-electron chi connectivity index (χ4n) is 1.91. The van der Waals surface area contributed by atoms with E-state index in [1.807, 2.05) is 32.9 Å². The van der Waals surface area contributed by atoms with Crippen molar-refractivity contribution in [2.75, 3.05) is 13.1 Å². The number of carboxylic acids is 1. The van der Waals surface area contributed by atoms with Crippen LogP contribution in [0, 0.1) is 12.8 Å². The summed E-state index contributed by atoms with van der Waals surface area (Å²) in [6.07, 6.45) is -0.0338. The van der Waals surface area contributed by atoms with Gasteiger partial charge in [-0.15, -0.1) is 0 Å². The van der Waals surface area contributed by atoms with Gasteiger partial charge in [-0.25, -0.2) is 0 Å². The smallest absolute Gasteiger partial charge is 0.305 e. The summed E-state index contributed by atoms with van der Waals surface area (Å²) in [6, 6.07) is 5.42. The first-order chi connectivity index (χ1) is 9.31. The molecule has 1 rings (SSSR count). The van der Waals surface area contributed by atoms with Crippen molar-refractivity contribution in [1.29, 1.82) is 0 Å². The lowest BCUT2D eigenvalue weighted by Crippen LogP contribution is -2.36. The molecule has 0 spiro atoms. The number of nitrogens with zero attached hydrogens (tertiary/aromatic N) is 1. The minimum absolute atomic E-state index is 0.0338. The Morgan fingerprint density at radius 2 is 2.00 bits per heavy atom. The second-order valence-corrected chi connectivity index (χ2v) is 6.11. The number of rotatable bonds is 6. The molecular weight excluding hydrogens is 322 g/mol. The van der Waals surface area contributed by atoms with Crippen LogP contribution in [0.15, 0.2) is 22.7 Å². The Balaban J connectivity index is 2.90. The van der Waals surface area contributed by atoms with E-state index in [0.29, 0.717) is 18.0 Å². The Hall–Kier alpha value is -1.36. The number of benzene rings is 1. The maximum atomic E-state index is 12.5. The molecule has 1 aromatic rings. The summed E-state index contributed by atoms with van der Waals surface area (Å²) < 4.78 is 0.954. The largest absolute Gasteiger partial charge is 0.481 e. The molecular formula is C15H20BrNO3. The lowest BCUT2D eigenvalue weighted by atomic mass is 10.1. The van der Waals surface area contributed by atoms with Gasteiger partial charge in [0.25, 0.3) is 5.91 Å². The molecule has 0 aromatic heterocycles. The van der Waals surface area contributed by atoms with Crippen molar-refractivity contribution in [3.8, 4) is 0 Å². The van der Waals surface area contributed by atoms with Crippen LogP contribution >= 0.6 is 15.9 Å². The Kier molecular flexibility index (Phi) is 6.20. The Morgan fingerprint density at radius 3 is 2.50 bits per heavy atom. The van der Waals surface area contributed by atoms with Crippen LogP contribution in [-0.4, -0.2) is 35.0 Å². The molecule has 20 heavy (non-hydrogen) atoms. The normalized spacial score (nSPS) is 10.7. The van der Waals surface area contributed by atoms with Gasteiger partial charge in [-0.3, -0.25) is 9.59 Å². The summed E-state index contributed by atoms with van der Waals surface area (Å²) in [6.45, 7) is 6.73. The summed E-state index contributed by atoms with van der Waals surface area (Å²) in [5.41, 5.74) is 1.58. The van der Waals surface area contributed by atoms with E-state index in [2.05, 4.69) is 15.9 Å². The van der Waals surface area contributed by atoms with Gasteiger partial charge in [-0.05, 0) is 36.6 Å². The summed E-state index contributed by atoms with van der Waals surface area (Å²) >= 11 is 3.40. The highest BCUT2D eigenvalue weighted by Crippen LogP contribution is 2.18. The van der Waals surface area contributed by atoms with Gasteiger partial charge in [0.1, 0.15) is 0 Å². The van der Waals surface area contributed by atoms with Crippen molar-refractivity contribution in [1.82, 2.24) is 4.90 Å². The van der Waals surface area contributed by atoms with Crippen molar-refractivity contribution >= 4 is 27.8 Å². The van der Waals surface area contributed by atoms with Crippen LogP contribution in [0.5, 0.6) is 0 Å². The fourth-order valence-corrected chi connectivity index (χ4v) is 2.15. The number of carbonyl (C=O) groups is 2. The zero-order chi connectivity index (χ0) is 15.3. The lowest BCUT2D eigenvalue weighted by molar-refractivity contribution is -0.137. The van der Waals surface area contributed by atoms with Crippen LogP contribution in [0.4, 0.5) is 0 Å². The van der Waals surface area contributed by atoms with Crippen molar-refractivity contribution in [3.05, 3.63) is 33.8 Å². The molecule has 1 amide bonds. The molecule has 0 saturated carbocycles. The van der Waals surface area contributed by atoms with Crippen LogP contribution < -0.4 is 0 Å². The number of aryl methyl sites for hydroxylation is 1. The van der Waals surface area contributed by atoms with Crippen LogP contribution in [0.25, 0.3) is 0 Å². The molecule has 0 saturated heterocycles. The predicted octanol–water partition coefficient (Wildman–Crippen LogP) is 3.33. The van der Waals surface area contributed by atoms with Gasteiger partial charge >= 0.3 is 5.97 Å². The molecule has 110 valence electrons. The van der Waals surface area contributed by atoms with Crippen LogP contribution in [-0.2, 0) is 4.79 Å². The molecule has 0 aliphatic carbocycles. The third kappa shape index (κ3) is 4.96. The van der Waals surface area contributed by atoms with Gasteiger partial charge in [0.2, 0.25) is 0 Å². The average molecular weight is 342 g/mol. The number of amides is 1. The molecule has 0 atom stereocenters. The maximum absolute atomic E-state index is 12.5. The second-order valence-electron chi connectivity index (χ2n) is 5.25. The van der Waals surface area contributed by atoms with Gasteiger partial charge in [0, 0.05) is 23.1 Å². The monoisotopic (exact) mass is 341 g/mol. The van der Waals surface area contributed by atoms with Gasteiger partial charge in [-0.2, -0.15) is 0 Å². The van der Waals surface area contributed by atoms with E-state index in [1.165, 1.54) is 0 Å². The van der Waals surface area contributed by atoms with E-state index < -0.39 is 5.97 Å². The summed E-state index contributed by atoms with van der Waals surface area (Å²) in [7, 11) is 0. The number of carboxylic acid groups (broad SMARTS) is 1. The van der Waals surface area contributed by atoms with E-state index in [1.54, 1.807) is 11.0 Å². The highest BCUT2D eigenvalue weighted by Gasteiger charge is 2.18. The van der Waals surface area contributed by atoms with Crippen LogP contribution in [0.3, 0.4) is 0 Å². The van der Waals surface area contributed by atoms with E-state index in [0.717, 1.165) is 10.0 Å². The molecule has 0 unspecified atom stereocenters. The fraction of sp³-hybridized carbons (Fsp3) is 0.467. The molecule has 1 aromatic carbocycles. The molecule has 5 heteroatoms. The lowest BCUT2D eigenvalue weighted by Gasteiger charge is -2.24. The highest BCUT2D eigenvalue weighted by molar-refractivity contribution is 9.10. The van der Waals surface area contributed by atoms with Crippen molar-refractivity contribution < 1.29 is 14.7 Å². The number of halogens is 1. The van der Waals surface area contributed by atoms with Gasteiger partial charge in [0.15, 0.2) is 0 Å². The highest BCUT2D eigenvalue weighted by atomic mass is 79.9. The zero-order valence-electron chi connectivity index (χ0n) is 12.0. The molecule has 1 N–H and O–H groups in total. The van der Waals surface area contributed by atoms with E-state index in [-0.39, 0.29) is 18.9 Å². The first-order valence-corrected chi connectivity index (χ1v) is 7.37. The molecule has 0 heterocycles. The molecule has 4 nitrogen and oxygen atoms in total. The van der Waals surface area contributed by atoms with Crippen molar-refractivity contribution in [2.24, 2.45) is 5.92 Å². The molecule has 0 bridgehead atoms. The second kappa shape index (κ2) is 7.43. The third-order valence-electron chi connectivity index (χ3n) is 2.87. The number of hydrogen-bond acceptors (Lipinski definition) is 2. The number of carbonyl (C=O) groups excluding carboxylic acids is 1. The summed E-state index contributed by atoms with van der Waals surface area (Å²) in [5.74, 6) is -0.710. The quantitative estimate of drug-likeness (QED) is 0.863. The van der Waals surface area contributed by atoms with Crippen LogP contribution in [0.2, 0.25) is 0 Å². The zero-order valence-corrected chi connectivity index (χ0v) is 13.6. The topological polar surface area (TPSA) is 57.6 Å². The van der Waals surface area contributed by atoms with E-state index in [9.17, 15) is 9.59 Å². The maximum Gasteiger partial charge on any atom is 0.305 e. The van der Waals surface area contributed by atoms with E-state index in [4.69, 9.17) is 5.11 Å². The standard InChI is InChI=1S/C15H20BrNO3/c1-10(2)9-17(7-6-14(18)19)15(20)12-4-5-13(16)11(3)8-12/h4-5,8,10H,6-7,9H2,1-3H3,(H,18,19). The molecule has 0 fully saturated rings. The molecule has 0 aliphatic heterocycles. The average Bonchev–Trinajstić information content (AvgIpc) is 2.36. The minimum Gasteiger partial charge on any atom is -0.481 e. The molecule has 0 aliphatic rings. The first kappa shape index (κ1) is 16.7.